The number of amides is 1. The predicted molar refractivity (Wildman–Crippen MR) is 71.8 cm³/mol. The van der Waals surface area contributed by atoms with Crippen LogP contribution in [0.15, 0.2) is 12.1 Å². The first-order chi connectivity index (χ1) is 7.72. The maximum Gasteiger partial charge on any atom is 0.264 e. The van der Waals surface area contributed by atoms with Gasteiger partial charge in [0, 0.05) is 17.9 Å². The molecular weight excluding hydrogens is 310 g/mol. The zero-order chi connectivity index (χ0) is 11.5. The van der Waals surface area contributed by atoms with Crippen molar-refractivity contribution in [1.29, 1.82) is 0 Å². The van der Waals surface area contributed by atoms with Gasteiger partial charge in [-0.15, -0.1) is 11.3 Å². The Balaban J connectivity index is 2.13. The van der Waals surface area contributed by atoms with Gasteiger partial charge in [-0.05, 0) is 31.4 Å². The molecule has 2 nitrogen and oxygen atoms in total. The number of likely N-dealkylation sites (tertiary alicyclic amines) is 1. The van der Waals surface area contributed by atoms with Gasteiger partial charge in [0.15, 0.2) is 0 Å². The number of carbonyl (C=O) groups excluding carboxylic acids is 1. The van der Waals surface area contributed by atoms with Gasteiger partial charge in [-0.1, -0.05) is 27.5 Å². The Morgan fingerprint density at radius 1 is 1.56 bits per heavy atom. The predicted octanol–water partition coefficient (Wildman–Crippen LogP) is 3.79. The maximum absolute atomic E-state index is 12.2. The molecule has 1 unspecified atom stereocenters. The fourth-order valence-electron chi connectivity index (χ4n) is 2.00. The number of hydrogen-bond donors (Lipinski definition) is 0. The Bertz CT molecular complexity index is 382. The Morgan fingerprint density at radius 3 is 3.00 bits per heavy atom. The van der Waals surface area contributed by atoms with Crippen molar-refractivity contribution in [2.45, 2.75) is 25.3 Å². The van der Waals surface area contributed by atoms with E-state index >= 15 is 0 Å². The molecule has 1 saturated heterocycles. The van der Waals surface area contributed by atoms with Crippen LogP contribution in [0.3, 0.4) is 0 Å². The van der Waals surface area contributed by atoms with Crippen LogP contribution < -0.4 is 0 Å². The van der Waals surface area contributed by atoms with Crippen LogP contribution in [0.2, 0.25) is 4.34 Å². The lowest BCUT2D eigenvalue weighted by atomic mass is 10.0. The highest BCUT2D eigenvalue weighted by atomic mass is 79.9. The van der Waals surface area contributed by atoms with E-state index in [0.29, 0.717) is 10.4 Å². The number of rotatable bonds is 2. The average molecular weight is 323 g/mol. The molecule has 1 aromatic heterocycles. The Morgan fingerprint density at radius 2 is 2.38 bits per heavy atom. The SMILES string of the molecule is O=C(c1ccc(Cl)s1)N1CCCCC1CBr. The summed E-state index contributed by atoms with van der Waals surface area (Å²) in [6.45, 7) is 0.866. The van der Waals surface area contributed by atoms with E-state index in [1.807, 2.05) is 11.0 Å². The third-order valence-electron chi connectivity index (χ3n) is 2.85. The van der Waals surface area contributed by atoms with Crippen molar-refractivity contribution < 1.29 is 4.79 Å². The summed E-state index contributed by atoms with van der Waals surface area (Å²) in [6, 6.07) is 3.93. The quantitative estimate of drug-likeness (QED) is 0.759. The lowest BCUT2D eigenvalue weighted by molar-refractivity contribution is 0.0647. The van der Waals surface area contributed by atoms with Crippen molar-refractivity contribution in [2.75, 3.05) is 11.9 Å². The molecule has 16 heavy (non-hydrogen) atoms. The molecule has 1 atom stereocenters. The van der Waals surface area contributed by atoms with E-state index in [1.165, 1.54) is 17.8 Å². The van der Waals surface area contributed by atoms with Gasteiger partial charge in [0.05, 0.1) is 9.21 Å². The number of hydrogen-bond acceptors (Lipinski definition) is 2. The van der Waals surface area contributed by atoms with Gasteiger partial charge in [-0.3, -0.25) is 4.79 Å². The largest absolute Gasteiger partial charge is 0.334 e. The average Bonchev–Trinajstić information content (AvgIpc) is 2.75. The second-order valence-electron chi connectivity index (χ2n) is 3.91. The summed E-state index contributed by atoms with van der Waals surface area (Å²) in [5.41, 5.74) is 0. The summed E-state index contributed by atoms with van der Waals surface area (Å²) in [4.78, 5) is 15.0. The molecule has 0 aromatic carbocycles. The number of alkyl halides is 1. The highest BCUT2D eigenvalue weighted by molar-refractivity contribution is 9.09. The molecule has 0 saturated carbocycles. The van der Waals surface area contributed by atoms with Gasteiger partial charge in [0.2, 0.25) is 0 Å². The smallest absolute Gasteiger partial charge is 0.264 e. The zero-order valence-corrected chi connectivity index (χ0v) is 11.9. The lowest BCUT2D eigenvalue weighted by Crippen LogP contribution is -2.44. The molecule has 1 fully saturated rings. The third-order valence-corrected chi connectivity index (χ3v) is 4.82. The standard InChI is InChI=1S/C11H13BrClNOS/c12-7-8-3-1-2-6-14(8)11(15)9-4-5-10(13)16-9/h4-5,8H,1-3,6-7H2. The highest BCUT2D eigenvalue weighted by Crippen LogP contribution is 2.26. The fourth-order valence-corrected chi connectivity index (χ4v) is 3.67. The summed E-state index contributed by atoms with van der Waals surface area (Å²) in [6.07, 6.45) is 3.41. The van der Waals surface area contributed by atoms with Crippen molar-refractivity contribution >= 4 is 44.8 Å². The minimum absolute atomic E-state index is 0.126. The van der Waals surface area contributed by atoms with E-state index in [9.17, 15) is 4.79 Å². The normalized spacial score (nSPS) is 21.1. The van der Waals surface area contributed by atoms with Crippen LogP contribution >= 0.6 is 38.9 Å². The van der Waals surface area contributed by atoms with Gasteiger partial charge in [-0.25, -0.2) is 0 Å². The first-order valence-corrected chi connectivity index (χ1v) is 7.66. The molecule has 1 aliphatic heterocycles. The summed E-state index contributed by atoms with van der Waals surface area (Å²) < 4.78 is 0.677. The Labute approximate surface area is 113 Å². The second kappa shape index (κ2) is 5.52. The first-order valence-electron chi connectivity index (χ1n) is 5.34. The first kappa shape index (κ1) is 12.4. The number of nitrogens with zero attached hydrogens (tertiary/aromatic N) is 1. The molecule has 0 bridgehead atoms. The Hall–Kier alpha value is -0.0600. The minimum Gasteiger partial charge on any atom is -0.334 e. The van der Waals surface area contributed by atoms with E-state index in [-0.39, 0.29) is 5.91 Å². The highest BCUT2D eigenvalue weighted by Gasteiger charge is 2.27. The molecule has 5 heteroatoms. The van der Waals surface area contributed by atoms with Crippen molar-refractivity contribution in [1.82, 2.24) is 4.90 Å². The van der Waals surface area contributed by atoms with Gasteiger partial charge in [0.1, 0.15) is 0 Å². The lowest BCUT2D eigenvalue weighted by Gasteiger charge is -2.34. The van der Waals surface area contributed by atoms with Crippen LogP contribution in [-0.4, -0.2) is 28.7 Å². The van der Waals surface area contributed by atoms with Crippen LogP contribution in [0.4, 0.5) is 0 Å². The van der Waals surface area contributed by atoms with Crippen LogP contribution in [0, 0.1) is 0 Å². The molecule has 1 amide bonds. The zero-order valence-electron chi connectivity index (χ0n) is 8.79. The summed E-state index contributed by atoms with van der Waals surface area (Å²) in [7, 11) is 0. The van der Waals surface area contributed by atoms with Gasteiger partial charge >= 0.3 is 0 Å². The van der Waals surface area contributed by atoms with Crippen LogP contribution in [-0.2, 0) is 0 Å². The number of piperidine rings is 1. The molecule has 0 spiro atoms. The van der Waals surface area contributed by atoms with E-state index in [4.69, 9.17) is 11.6 Å². The van der Waals surface area contributed by atoms with E-state index in [2.05, 4.69) is 15.9 Å². The molecule has 88 valence electrons. The molecule has 0 N–H and O–H groups in total. The fraction of sp³-hybridized carbons (Fsp3) is 0.545. The molecule has 2 heterocycles. The van der Waals surface area contributed by atoms with Gasteiger partial charge in [0.25, 0.3) is 5.91 Å². The Kier molecular flexibility index (Phi) is 4.27. The van der Waals surface area contributed by atoms with E-state index < -0.39 is 0 Å². The third kappa shape index (κ3) is 2.60. The van der Waals surface area contributed by atoms with Gasteiger partial charge < -0.3 is 4.90 Å². The van der Waals surface area contributed by atoms with Crippen LogP contribution in [0.25, 0.3) is 0 Å². The van der Waals surface area contributed by atoms with Crippen molar-refractivity contribution in [2.24, 2.45) is 0 Å². The number of halogens is 2. The van der Waals surface area contributed by atoms with Crippen molar-refractivity contribution in [3.8, 4) is 0 Å². The molecule has 1 aromatic rings. The number of carbonyl (C=O) groups is 1. The molecule has 0 aliphatic carbocycles. The number of thiophene rings is 1. The second-order valence-corrected chi connectivity index (χ2v) is 6.27. The minimum atomic E-state index is 0.126. The van der Waals surface area contributed by atoms with Crippen molar-refractivity contribution in [3.63, 3.8) is 0 Å². The van der Waals surface area contributed by atoms with E-state index in [0.717, 1.165) is 29.6 Å². The maximum atomic E-state index is 12.2. The summed E-state index contributed by atoms with van der Waals surface area (Å²) in [5.74, 6) is 0.126. The van der Waals surface area contributed by atoms with Crippen molar-refractivity contribution in [3.05, 3.63) is 21.3 Å². The monoisotopic (exact) mass is 321 g/mol. The van der Waals surface area contributed by atoms with E-state index in [1.54, 1.807) is 6.07 Å². The summed E-state index contributed by atoms with van der Waals surface area (Å²) in [5, 5.41) is 0.859. The molecule has 1 aliphatic rings. The van der Waals surface area contributed by atoms with Crippen LogP contribution in [0.5, 0.6) is 0 Å². The topological polar surface area (TPSA) is 20.3 Å². The molecular formula is C11H13BrClNOS. The van der Waals surface area contributed by atoms with Crippen LogP contribution in [0.1, 0.15) is 28.9 Å². The molecule has 0 radical (unpaired) electrons. The summed E-state index contributed by atoms with van der Waals surface area (Å²) >= 11 is 10.7. The van der Waals surface area contributed by atoms with Gasteiger partial charge in [-0.2, -0.15) is 0 Å². The molecule has 2 rings (SSSR count).